The van der Waals surface area contributed by atoms with Crippen LogP contribution in [0.4, 0.5) is 0 Å². The third kappa shape index (κ3) is 2.42. The number of nitrogens with one attached hydrogen (secondary N) is 1. The molecule has 1 aliphatic heterocycles. The van der Waals surface area contributed by atoms with Crippen molar-refractivity contribution < 1.29 is 9.47 Å². The summed E-state index contributed by atoms with van der Waals surface area (Å²) in [6.45, 7) is 3.88. The highest BCUT2D eigenvalue weighted by Crippen LogP contribution is 2.36. The highest BCUT2D eigenvalue weighted by atomic mass is 35.5. The summed E-state index contributed by atoms with van der Waals surface area (Å²) in [5.41, 5.74) is 1.08. The Bertz CT molecular complexity index is 376. The van der Waals surface area contributed by atoms with E-state index in [-0.39, 0.29) is 6.10 Å². The summed E-state index contributed by atoms with van der Waals surface area (Å²) in [4.78, 5) is 0. The first-order valence-electron chi connectivity index (χ1n) is 5.42. The van der Waals surface area contributed by atoms with Gasteiger partial charge in [-0.25, -0.2) is 0 Å². The van der Waals surface area contributed by atoms with Gasteiger partial charge in [-0.05, 0) is 37.6 Å². The summed E-state index contributed by atoms with van der Waals surface area (Å²) in [5, 5.41) is 3.86. The maximum absolute atomic E-state index is 6.10. The van der Waals surface area contributed by atoms with Gasteiger partial charge >= 0.3 is 0 Å². The van der Waals surface area contributed by atoms with Crippen molar-refractivity contribution in [2.45, 2.75) is 19.4 Å². The summed E-state index contributed by atoms with van der Waals surface area (Å²) in [5.74, 6) is 1.36. The van der Waals surface area contributed by atoms with Gasteiger partial charge in [0.05, 0.1) is 12.1 Å². The van der Waals surface area contributed by atoms with Gasteiger partial charge < -0.3 is 14.8 Å². The van der Waals surface area contributed by atoms with Gasteiger partial charge in [-0.15, -0.1) is 0 Å². The van der Waals surface area contributed by atoms with Gasteiger partial charge in [-0.3, -0.25) is 0 Å². The number of ether oxygens (including phenoxy) is 2. The van der Waals surface area contributed by atoms with Gasteiger partial charge in [0.2, 0.25) is 0 Å². The molecule has 1 saturated heterocycles. The minimum Gasteiger partial charge on any atom is -0.491 e. The molecule has 0 spiro atoms. The van der Waals surface area contributed by atoms with E-state index in [9.17, 15) is 0 Å². The molecular weight excluding hydrogens is 226 g/mol. The maximum Gasteiger partial charge on any atom is 0.179 e. The molecule has 1 heterocycles. The van der Waals surface area contributed by atoms with Crippen LogP contribution in [0, 0.1) is 6.92 Å². The lowest BCUT2D eigenvalue weighted by Crippen LogP contribution is -2.19. The van der Waals surface area contributed by atoms with E-state index in [1.807, 2.05) is 19.1 Å². The normalized spacial score (nSPS) is 19.8. The average molecular weight is 242 g/mol. The zero-order chi connectivity index (χ0) is 11.5. The number of hydrogen-bond acceptors (Lipinski definition) is 3. The first kappa shape index (κ1) is 11.6. The monoisotopic (exact) mass is 241 g/mol. The van der Waals surface area contributed by atoms with Gasteiger partial charge in [0, 0.05) is 6.54 Å². The van der Waals surface area contributed by atoms with E-state index in [4.69, 9.17) is 21.1 Å². The SMILES string of the molecule is COc1c(Cl)cc(C)cc1OC1CCNC1. The standard InChI is InChI=1S/C12H16ClNO2/c1-8-5-10(13)12(15-2)11(6-8)16-9-3-4-14-7-9/h5-6,9,14H,3-4,7H2,1-2H3. The van der Waals surface area contributed by atoms with Crippen LogP contribution in [0.3, 0.4) is 0 Å². The number of halogens is 1. The summed E-state index contributed by atoms with van der Waals surface area (Å²) < 4.78 is 11.2. The fraction of sp³-hybridized carbons (Fsp3) is 0.500. The molecule has 1 unspecified atom stereocenters. The van der Waals surface area contributed by atoms with Crippen LogP contribution in [0.2, 0.25) is 5.02 Å². The van der Waals surface area contributed by atoms with Crippen LogP contribution in [0.5, 0.6) is 11.5 Å². The second-order valence-electron chi connectivity index (χ2n) is 4.01. The molecule has 2 rings (SSSR count). The number of benzene rings is 1. The Labute approximate surface area is 101 Å². The van der Waals surface area contributed by atoms with E-state index in [1.165, 1.54) is 0 Å². The molecular formula is C12H16ClNO2. The van der Waals surface area contributed by atoms with Crippen LogP contribution in [-0.4, -0.2) is 26.3 Å². The van der Waals surface area contributed by atoms with Crippen LogP contribution in [-0.2, 0) is 0 Å². The van der Waals surface area contributed by atoms with E-state index < -0.39 is 0 Å². The Hall–Kier alpha value is -0.930. The Kier molecular flexibility index (Phi) is 3.56. The van der Waals surface area contributed by atoms with Crippen molar-refractivity contribution in [3.05, 3.63) is 22.7 Å². The third-order valence-electron chi connectivity index (χ3n) is 2.67. The Morgan fingerprint density at radius 2 is 2.25 bits per heavy atom. The molecule has 0 aliphatic carbocycles. The zero-order valence-electron chi connectivity index (χ0n) is 9.55. The molecule has 0 saturated carbocycles. The van der Waals surface area contributed by atoms with Gasteiger partial charge in [-0.1, -0.05) is 11.6 Å². The topological polar surface area (TPSA) is 30.5 Å². The highest BCUT2D eigenvalue weighted by Gasteiger charge is 2.19. The molecule has 1 N–H and O–H groups in total. The molecule has 0 bridgehead atoms. The second-order valence-corrected chi connectivity index (χ2v) is 4.42. The van der Waals surface area contributed by atoms with Gasteiger partial charge in [0.1, 0.15) is 6.10 Å². The summed E-state index contributed by atoms with van der Waals surface area (Å²) >= 11 is 6.10. The van der Waals surface area contributed by atoms with Crippen molar-refractivity contribution in [1.29, 1.82) is 0 Å². The molecule has 1 fully saturated rings. The number of hydrogen-bond donors (Lipinski definition) is 1. The molecule has 0 amide bonds. The first-order chi connectivity index (χ1) is 7.70. The number of rotatable bonds is 3. The fourth-order valence-electron chi connectivity index (χ4n) is 1.89. The molecule has 0 radical (unpaired) electrons. The highest BCUT2D eigenvalue weighted by molar-refractivity contribution is 6.32. The van der Waals surface area contributed by atoms with Crippen molar-refractivity contribution in [3.8, 4) is 11.5 Å². The molecule has 1 aliphatic rings. The van der Waals surface area contributed by atoms with E-state index >= 15 is 0 Å². The number of methoxy groups -OCH3 is 1. The average Bonchev–Trinajstić information content (AvgIpc) is 2.70. The van der Waals surface area contributed by atoms with E-state index in [1.54, 1.807) is 7.11 Å². The molecule has 16 heavy (non-hydrogen) atoms. The molecule has 4 heteroatoms. The molecule has 3 nitrogen and oxygen atoms in total. The van der Waals surface area contributed by atoms with E-state index in [0.717, 1.165) is 30.8 Å². The van der Waals surface area contributed by atoms with Crippen LogP contribution in [0.1, 0.15) is 12.0 Å². The molecule has 1 aromatic rings. The van der Waals surface area contributed by atoms with Crippen LogP contribution >= 0.6 is 11.6 Å². The van der Waals surface area contributed by atoms with Crippen molar-refractivity contribution in [2.75, 3.05) is 20.2 Å². The Morgan fingerprint density at radius 1 is 1.44 bits per heavy atom. The smallest absolute Gasteiger partial charge is 0.179 e. The molecule has 88 valence electrons. The van der Waals surface area contributed by atoms with Crippen molar-refractivity contribution in [3.63, 3.8) is 0 Å². The Morgan fingerprint density at radius 3 is 2.88 bits per heavy atom. The number of aryl methyl sites for hydroxylation is 1. The first-order valence-corrected chi connectivity index (χ1v) is 5.80. The van der Waals surface area contributed by atoms with Crippen molar-refractivity contribution in [1.82, 2.24) is 5.32 Å². The minimum absolute atomic E-state index is 0.215. The third-order valence-corrected chi connectivity index (χ3v) is 2.95. The second kappa shape index (κ2) is 4.93. The minimum atomic E-state index is 0.215. The van der Waals surface area contributed by atoms with Gasteiger partial charge in [0.15, 0.2) is 11.5 Å². The predicted molar refractivity (Wildman–Crippen MR) is 64.6 cm³/mol. The lowest BCUT2D eigenvalue weighted by Gasteiger charge is -2.16. The van der Waals surface area contributed by atoms with Crippen LogP contribution in [0.25, 0.3) is 0 Å². The zero-order valence-corrected chi connectivity index (χ0v) is 10.3. The van der Waals surface area contributed by atoms with Crippen molar-refractivity contribution >= 4 is 11.6 Å². The lowest BCUT2D eigenvalue weighted by molar-refractivity contribution is 0.212. The summed E-state index contributed by atoms with van der Waals surface area (Å²) in [6, 6.07) is 3.84. The van der Waals surface area contributed by atoms with Crippen LogP contribution in [0.15, 0.2) is 12.1 Å². The van der Waals surface area contributed by atoms with Crippen molar-refractivity contribution in [2.24, 2.45) is 0 Å². The summed E-state index contributed by atoms with van der Waals surface area (Å²) in [6.07, 6.45) is 1.24. The van der Waals surface area contributed by atoms with E-state index in [0.29, 0.717) is 10.8 Å². The quantitative estimate of drug-likeness (QED) is 0.882. The maximum atomic E-state index is 6.10. The molecule has 1 atom stereocenters. The largest absolute Gasteiger partial charge is 0.491 e. The van der Waals surface area contributed by atoms with E-state index in [2.05, 4.69) is 5.32 Å². The lowest BCUT2D eigenvalue weighted by atomic mass is 10.2. The predicted octanol–water partition coefficient (Wildman–Crippen LogP) is 2.40. The van der Waals surface area contributed by atoms with Gasteiger partial charge in [-0.2, -0.15) is 0 Å². The molecule has 0 aromatic heterocycles. The molecule has 1 aromatic carbocycles. The fourth-order valence-corrected chi connectivity index (χ4v) is 2.23. The van der Waals surface area contributed by atoms with Crippen LogP contribution < -0.4 is 14.8 Å². The Balaban J connectivity index is 2.23. The van der Waals surface area contributed by atoms with Gasteiger partial charge in [0.25, 0.3) is 0 Å². The summed E-state index contributed by atoms with van der Waals surface area (Å²) in [7, 11) is 1.61.